The van der Waals surface area contributed by atoms with Gasteiger partial charge in [-0.25, -0.2) is 13.1 Å². The number of benzene rings is 1. The van der Waals surface area contributed by atoms with Gasteiger partial charge in [0.25, 0.3) is 0 Å². The Morgan fingerprint density at radius 3 is 2.70 bits per heavy atom. The molecule has 0 radical (unpaired) electrons. The summed E-state index contributed by atoms with van der Waals surface area (Å²) < 4.78 is 26.8. The molecule has 0 bridgehead atoms. The zero-order valence-electron chi connectivity index (χ0n) is 11.0. The molecule has 0 saturated heterocycles. The lowest BCUT2D eigenvalue weighted by Gasteiger charge is -2.07. The Morgan fingerprint density at radius 2 is 2.05 bits per heavy atom. The maximum absolute atomic E-state index is 11.0. The van der Waals surface area contributed by atoms with Gasteiger partial charge in [-0.05, 0) is 18.6 Å². The Balaban J connectivity index is 2.09. The van der Waals surface area contributed by atoms with E-state index in [4.69, 9.17) is 12.2 Å². The van der Waals surface area contributed by atoms with E-state index < -0.39 is 10.0 Å². The topological polar surface area (TPSA) is 79.8 Å². The minimum atomic E-state index is -3.15. The smallest absolute Gasteiger partial charge is 0.208 e. The van der Waals surface area contributed by atoms with Crippen LogP contribution in [0.5, 0.6) is 0 Å². The number of nitrogens with one attached hydrogen (secondary N) is 2. The molecular weight excluding hydrogens is 296 g/mol. The number of sulfonamides is 1. The van der Waals surface area contributed by atoms with Crippen molar-refractivity contribution >= 4 is 22.2 Å². The first-order valence-corrected chi connectivity index (χ1v) is 8.42. The van der Waals surface area contributed by atoms with Crippen LogP contribution in [0.1, 0.15) is 6.42 Å². The first-order chi connectivity index (χ1) is 9.47. The molecule has 0 fully saturated rings. The Hall–Kier alpha value is -1.51. The number of rotatable bonds is 6. The number of aromatic nitrogens is 3. The summed E-state index contributed by atoms with van der Waals surface area (Å²) in [4.78, 5) is 0. The van der Waals surface area contributed by atoms with Crippen molar-refractivity contribution < 1.29 is 8.42 Å². The molecular formula is C12H16N4O2S2. The van der Waals surface area contributed by atoms with Gasteiger partial charge in [0, 0.05) is 18.7 Å². The van der Waals surface area contributed by atoms with Crippen molar-refractivity contribution in [2.24, 2.45) is 0 Å². The van der Waals surface area contributed by atoms with E-state index in [2.05, 4.69) is 14.9 Å². The van der Waals surface area contributed by atoms with Crippen molar-refractivity contribution in [1.29, 1.82) is 0 Å². The average Bonchev–Trinajstić information content (AvgIpc) is 2.76. The molecule has 0 aliphatic rings. The maximum atomic E-state index is 11.0. The summed E-state index contributed by atoms with van der Waals surface area (Å²) in [6.07, 6.45) is 1.78. The molecule has 2 N–H and O–H groups in total. The first kappa shape index (κ1) is 14.9. The van der Waals surface area contributed by atoms with Gasteiger partial charge in [0.15, 0.2) is 10.6 Å². The van der Waals surface area contributed by atoms with Crippen LogP contribution in [-0.2, 0) is 16.6 Å². The van der Waals surface area contributed by atoms with Crippen LogP contribution in [0.4, 0.5) is 0 Å². The van der Waals surface area contributed by atoms with Crippen molar-refractivity contribution in [3.8, 4) is 11.4 Å². The van der Waals surface area contributed by atoms with Crippen LogP contribution in [0.25, 0.3) is 11.4 Å². The molecule has 8 heteroatoms. The van der Waals surface area contributed by atoms with Crippen LogP contribution in [0.15, 0.2) is 30.3 Å². The van der Waals surface area contributed by atoms with Crippen molar-refractivity contribution in [3.05, 3.63) is 35.1 Å². The predicted molar refractivity (Wildman–Crippen MR) is 80.3 cm³/mol. The van der Waals surface area contributed by atoms with E-state index >= 15 is 0 Å². The zero-order valence-corrected chi connectivity index (χ0v) is 12.7. The summed E-state index contributed by atoms with van der Waals surface area (Å²) in [5.74, 6) is 0.759. The molecule has 0 aliphatic heterocycles. The van der Waals surface area contributed by atoms with E-state index in [1.54, 1.807) is 0 Å². The van der Waals surface area contributed by atoms with E-state index in [1.807, 2.05) is 34.9 Å². The molecule has 6 nitrogen and oxygen atoms in total. The molecule has 20 heavy (non-hydrogen) atoms. The van der Waals surface area contributed by atoms with E-state index in [0.717, 1.165) is 17.6 Å². The minimum Gasteiger partial charge on any atom is -0.300 e. The molecule has 0 atom stereocenters. The first-order valence-electron chi connectivity index (χ1n) is 6.12. The molecule has 0 spiro atoms. The molecule has 1 aromatic heterocycles. The Kier molecular flexibility index (Phi) is 4.69. The van der Waals surface area contributed by atoms with Gasteiger partial charge >= 0.3 is 0 Å². The minimum absolute atomic E-state index is 0.375. The molecule has 2 rings (SSSR count). The highest BCUT2D eigenvalue weighted by Crippen LogP contribution is 2.16. The highest BCUT2D eigenvalue weighted by molar-refractivity contribution is 7.88. The number of nitrogens with zero attached hydrogens (tertiary/aromatic N) is 2. The highest BCUT2D eigenvalue weighted by Gasteiger charge is 2.08. The van der Waals surface area contributed by atoms with E-state index in [0.29, 0.717) is 24.3 Å². The summed E-state index contributed by atoms with van der Waals surface area (Å²) in [5.41, 5.74) is 0.968. The van der Waals surface area contributed by atoms with Crippen molar-refractivity contribution in [3.63, 3.8) is 0 Å². The SMILES string of the molecule is CS(=O)(=O)NCCCn1c(-c2ccccc2)n[nH]c1=S. The summed E-state index contributed by atoms with van der Waals surface area (Å²) in [6.45, 7) is 0.974. The number of hydrogen-bond acceptors (Lipinski definition) is 4. The summed E-state index contributed by atoms with van der Waals surface area (Å²) in [6, 6.07) is 9.71. The number of hydrogen-bond donors (Lipinski definition) is 2. The highest BCUT2D eigenvalue weighted by atomic mass is 32.2. The average molecular weight is 312 g/mol. The molecule has 1 heterocycles. The third kappa shape index (κ3) is 3.99. The fourth-order valence-electron chi connectivity index (χ4n) is 1.83. The van der Waals surface area contributed by atoms with E-state index in [-0.39, 0.29) is 0 Å². The fraction of sp³-hybridized carbons (Fsp3) is 0.333. The van der Waals surface area contributed by atoms with Gasteiger partial charge in [0.1, 0.15) is 0 Å². The summed E-state index contributed by atoms with van der Waals surface area (Å²) in [7, 11) is -3.15. The molecule has 108 valence electrons. The third-order valence-corrected chi connectivity index (χ3v) is 3.75. The van der Waals surface area contributed by atoms with E-state index in [1.165, 1.54) is 0 Å². The Morgan fingerprint density at radius 1 is 1.35 bits per heavy atom. The normalized spacial score (nSPS) is 11.7. The molecule has 0 saturated carbocycles. The molecule has 0 unspecified atom stereocenters. The van der Waals surface area contributed by atoms with Gasteiger partial charge in [-0.3, -0.25) is 5.10 Å². The second kappa shape index (κ2) is 6.29. The third-order valence-electron chi connectivity index (χ3n) is 2.71. The monoisotopic (exact) mass is 312 g/mol. The van der Waals surface area contributed by atoms with Crippen molar-refractivity contribution in [2.75, 3.05) is 12.8 Å². The lowest BCUT2D eigenvalue weighted by atomic mass is 10.2. The van der Waals surface area contributed by atoms with Crippen LogP contribution in [0, 0.1) is 4.77 Å². The second-order valence-corrected chi connectivity index (χ2v) is 6.61. The quantitative estimate of drug-likeness (QED) is 0.626. The van der Waals surface area contributed by atoms with Gasteiger partial charge in [0.2, 0.25) is 10.0 Å². The van der Waals surface area contributed by atoms with Gasteiger partial charge in [0.05, 0.1) is 6.26 Å². The largest absolute Gasteiger partial charge is 0.300 e. The Labute approximate surface area is 122 Å². The Bertz CT molecular complexity index is 719. The van der Waals surface area contributed by atoms with Crippen molar-refractivity contribution in [2.45, 2.75) is 13.0 Å². The zero-order chi connectivity index (χ0) is 14.6. The van der Waals surface area contributed by atoms with Gasteiger partial charge < -0.3 is 4.57 Å². The van der Waals surface area contributed by atoms with Crippen LogP contribution in [-0.4, -0.2) is 36.0 Å². The molecule has 1 aromatic carbocycles. The van der Waals surface area contributed by atoms with Crippen molar-refractivity contribution in [1.82, 2.24) is 19.5 Å². The van der Waals surface area contributed by atoms with Gasteiger partial charge in [-0.15, -0.1) is 0 Å². The van der Waals surface area contributed by atoms with E-state index in [9.17, 15) is 8.42 Å². The van der Waals surface area contributed by atoms with Gasteiger partial charge in [-0.1, -0.05) is 30.3 Å². The molecule has 2 aromatic rings. The molecule has 0 amide bonds. The molecule has 0 aliphatic carbocycles. The van der Waals surface area contributed by atoms with Crippen LogP contribution < -0.4 is 4.72 Å². The summed E-state index contributed by atoms with van der Waals surface area (Å²) >= 11 is 5.20. The lowest BCUT2D eigenvalue weighted by molar-refractivity contribution is 0.575. The maximum Gasteiger partial charge on any atom is 0.208 e. The fourth-order valence-corrected chi connectivity index (χ4v) is 2.57. The second-order valence-electron chi connectivity index (χ2n) is 4.39. The lowest BCUT2D eigenvalue weighted by Crippen LogP contribution is -2.24. The number of aromatic amines is 1. The standard InChI is InChI=1S/C12H16N4O2S2/c1-20(17,18)13-8-5-9-16-11(14-15-12(16)19)10-6-3-2-4-7-10/h2-4,6-7,13H,5,8-9H2,1H3,(H,15,19). The van der Waals surface area contributed by atoms with Crippen LogP contribution >= 0.6 is 12.2 Å². The van der Waals surface area contributed by atoms with Gasteiger partial charge in [-0.2, -0.15) is 5.10 Å². The number of H-pyrrole nitrogens is 1. The predicted octanol–water partition coefficient (Wildman–Crippen LogP) is 1.55. The summed E-state index contributed by atoms with van der Waals surface area (Å²) in [5, 5.41) is 6.99. The van der Waals surface area contributed by atoms with Crippen LogP contribution in [0.3, 0.4) is 0 Å². The van der Waals surface area contributed by atoms with Crippen LogP contribution in [0.2, 0.25) is 0 Å².